The number of hydrogen-bond acceptors (Lipinski definition) is 1. The second-order valence-electron chi connectivity index (χ2n) is 2.55. The number of alkyl halides is 1. The number of nitrogens with two attached hydrogens (primary N) is 1. The van der Waals surface area contributed by atoms with Crippen molar-refractivity contribution in [2.24, 2.45) is 5.73 Å². The zero-order valence-corrected chi connectivity index (χ0v) is 7.44. The molecule has 0 fully saturated rings. The van der Waals surface area contributed by atoms with Gasteiger partial charge in [-0.2, -0.15) is 0 Å². The van der Waals surface area contributed by atoms with E-state index in [1.165, 1.54) is 0 Å². The molecule has 0 amide bonds. The fourth-order valence-electron chi connectivity index (χ4n) is 1.14. The van der Waals surface area contributed by atoms with E-state index in [2.05, 4.69) is 0 Å². The lowest BCUT2D eigenvalue weighted by molar-refractivity contribution is 0.482. The Morgan fingerprint density at radius 3 is 2.75 bits per heavy atom. The van der Waals surface area contributed by atoms with E-state index in [4.69, 9.17) is 17.3 Å². The van der Waals surface area contributed by atoms with E-state index in [1.54, 1.807) is 6.07 Å². The summed E-state index contributed by atoms with van der Waals surface area (Å²) in [6.45, 7) is 0.00233. The molecule has 3 heteroatoms. The summed E-state index contributed by atoms with van der Waals surface area (Å²) in [5, 5.41) is 0.489. The molecule has 0 radical (unpaired) electrons. The molecule has 1 rings (SSSR count). The molecular weight excluding hydrogens is 177 g/mol. The molecule has 0 aliphatic carbocycles. The van der Waals surface area contributed by atoms with E-state index in [0.717, 1.165) is 5.56 Å². The van der Waals surface area contributed by atoms with E-state index in [1.807, 2.05) is 12.1 Å². The van der Waals surface area contributed by atoms with Crippen LogP contribution in [0.3, 0.4) is 0 Å². The first kappa shape index (κ1) is 9.49. The summed E-state index contributed by atoms with van der Waals surface area (Å²) in [4.78, 5) is 0. The summed E-state index contributed by atoms with van der Waals surface area (Å²) in [6, 6.07) is 5.36. The SMILES string of the molecule is NCCc1cccc(Cl)c1CF. The Kier molecular flexibility index (Phi) is 3.50. The monoisotopic (exact) mass is 187 g/mol. The zero-order valence-electron chi connectivity index (χ0n) is 6.69. The van der Waals surface area contributed by atoms with Crippen LogP contribution in [-0.4, -0.2) is 6.54 Å². The standard InChI is InChI=1S/C9H11ClFN/c10-9-3-1-2-7(4-5-12)8(9)6-11/h1-3H,4-6,12H2. The first-order chi connectivity index (χ1) is 5.79. The minimum atomic E-state index is -0.519. The number of rotatable bonds is 3. The molecule has 0 bridgehead atoms. The van der Waals surface area contributed by atoms with Gasteiger partial charge in [0.05, 0.1) is 0 Å². The van der Waals surface area contributed by atoms with Crippen molar-refractivity contribution in [3.8, 4) is 0 Å². The summed E-state index contributed by atoms with van der Waals surface area (Å²) < 4.78 is 12.4. The molecule has 0 saturated carbocycles. The van der Waals surface area contributed by atoms with Gasteiger partial charge in [0, 0.05) is 10.6 Å². The zero-order chi connectivity index (χ0) is 8.97. The number of hydrogen-bond donors (Lipinski definition) is 1. The van der Waals surface area contributed by atoms with E-state index < -0.39 is 6.67 Å². The van der Waals surface area contributed by atoms with Gasteiger partial charge in [-0.3, -0.25) is 0 Å². The highest BCUT2D eigenvalue weighted by Crippen LogP contribution is 2.21. The van der Waals surface area contributed by atoms with Crippen LogP contribution in [0.1, 0.15) is 11.1 Å². The van der Waals surface area contributed by atoms with Crippen LogP contribution in [0, 0.1) is 0 Å². The maximum Gasteiger partial charge on any atom is 0.116 e. The fraction of sp³-hybridized carbons (Fsp3) is 0.333. The van der Waals surface area contributed by atoms with Crippen molar-refractivity contribution >= 4 is 11.6 Å². The van der Waals surface area contributed by atoms with Crippen molar-refractivity contribution in [2.75, 3.05) is 6.54 Å². The average molecular weight is 188 g/mol. The van der Waals surface area contributed by atoms with Crippen molar-refractivity contribution in [1.29, 1.82) is 0 Å². The molecule has 0 atom stereocenters. The third kappa shape index (κ3) is 1.96. The smallest absolute Gasteiger partial charge is 0.116 e. The van der Waals surface area contributed by atoms with Gasteiger partial charge in [-0.25, -0.2) is 4.39 Å². The maximum atomic E-state index is 12.4. The Labute approximate surface area is 76.3 Å². The van der Waals surface area contributed by atoms with Crippen molar-refractivity contribution < 1.29 is 4.39 Å². The molecule has 0 saturated heterocycles. The van der Waals surface area contributed by atoms with Gasteiger partial charge in [-0.15, -0.1) is 0 Å². The lowest BCUT2D eigenvalue weighted by Crippen LogP contribution is -2.05. The van der Waals surface area contributed by atoms with Crippen LogP contribution in [0.4, 0.5) is 4.39 Å². The van der Waals surface area contributed by atoms with Gasteiger partial charge in [-0.1, -0.05) is 23.7 Å². The van der Waals surface area contributed by atoms with Crippen molar-refractivity contribution in [1.82, 2.24) is 0 Å². The Morgan fingerprint density at radius 1 is 1.42 bits per heavy atom. The van der Waals surface area contributed by atoms with E-state index in [0.29, 0.717) is 23.6 Å². The molecule has 1 aromatic rings. The van der Waals surface area contributed by atoms with Gasteiger partial charge >= 0.3 is 0 Å². The van der Waals surface area contributed by atoms with Crippen molar-refractivity contribution in [3.05, 3.63) is 34.3 Å². The fourth-order valence-corrected chi connectivity index (χ4v) is 1.39. The minimum Gasteiger partial charge on any atom is -0.330 e. The second kappa shape index (κ2) is 4.43. The minimum absolute atomic E-state index is 0.489. The average Bonchev–Trinajstić information content (AvgIpc) is 2.05. The molecule has 1 aromatic carbocycles. The Hall–Kier alpha value is -0.600. The predicted octanol–water partition coefficient (Wildman–Crippen LogP) is 2.31. The van der Waals surface area contributed by atoms with Crippen LogP contribution in [0.2, 0.25) is 5.02 Å². The number of halogens is 2. The molecule has 2 N–H and O–H groups in total. The van der Waals surface area contributed by atoms with E-state index in [9.17, 15) is 4.39 Å². The lowest BCUT2D eigenvalue weighted by Gasteiger charge is -2.06. The van der Waals surface area contributed by atoms with Gasteiger partial charge in [0.2, 0.25) is 0 Å². The molecule has 0 unspecified atom stereocenters. The summed E-state index contributed by atoms with van der Waals surface area (Å²) in [6.07, 6.45) is 0.680. The van der Waals surface area contributed by atoms with Crippen LogP contribution in [0.15, 0.2) is 18.2 Å². The quantitative estimate of drug-likeness (QED) is 0.772. The largest absolute Gasteiger partial charge is 0.330 e. The van der Waals surface area contributed by atoms with Gasteiger partial charge in [0.25, 0.3) is 0 Å². The van der Waals surface area contributed by atoms with Gasteiger partial charge in [0.15, 0.2) is 0 Å². The highest BCUT2D eigenvalue weighted by atomic mass is 35.5. The van der Waals surface area contributed by atoms with Crippen molar-refractivity contribution in [2.45, 2.75) is 13.1 Å². The lowest BCUT2D eigenvalue weighted by atomic mass is 10.1. The molecule has 0 aliphatic rings. The Bertz CT molecular complexity index is 263. The van der Waals surface area contributed by atoms with Crippen LogP contribution >= 0.6 is 11.6 Å². The van der Waals surface area contributed by atoms with Crippen LogP contribution in [0.5, 0.6) is 0 Å². The third-order valence-corrected chi connectivity index (χ3v) is 2.12. The molecule has 0 aromatic heterocycles. The Morgan fingerprint density at radius 2 is 2.17 bits per heavy atom. The number of benzene rings is 1. The highest BCUT2D eigenvalue weighted by molar-refractivity contribution is 6.31. The predicted molar refractivity (Wildman–Crippen MR) is 49.0 cm³/mol. The van der Waals surface area contributed by atoms with Crippen molar-refractivity contribution in [3.63, 3.8) is 0 Å². The van der Waals surface area contributed by atoms with E-state index >= 15 is 0 Å². The Balaban J connectivity index is 3.00. The first-order valence-corrected chi connectivity index (χ1v) is 4.19. The normalized spacial score (nSPS) is 10.2. The molecule has 1 nitrogen and oxygen atoms in total. The van der Waals surface area contributed by atoms with Gasteiger partial charge in [0.1, 0.15) is 6.67 Å². The summed E-state index contributed by atoms with van der Waals surface area (Å²) in [7, 11) is 0. The van der Waals surface area contributed by atoms with Crippen LogP contribution < -0.4 is 5.73 Å². The summed E-state index contributed by atoms with van der Waals surface area (Å²) in [5.74, 6) is 0. The highest BCUT2D eigenvalue weighted by Gasteiger charge is 2.04. The second-order valence-corrected chi connectivity index (χ2v) is 2.96. The van der Waals surface area contributed by atoms with Gasteiger partial charge in [-0.05, 0) is 24.6 Å². The third-order valence-electron chi connectivity index (χ3n) is 1.76. The van der Waals surface area contributed by atoms with Crippen LogP contribution in [-0.2, 0) is 13.1 Å². The van der Waals surface area contributed by atoms with Crippen LogP contribution in [0.25, 0.3) is 0 Å². The molecule has 0 spiro atoms. The molecule has 66 valence electrons. The van der Waals surface area contributed by atoms with E-state index in [-0.39, 0.29) is 0 Å². The molecular formula is C9H11ClFN. The summed E-state index contributed by atoms with van der Waals surface area (Å²) in [5.41, 5.74) is 6.85. The van der Waals surface area contributed by atoms with Gasteiger partial charge < -0.3 is 5.73 Å². The maximum absolute atomic E-state index is 12.4. The first-order valence-electron chi connectivity index (χ1n) is 3.82. The molecule has 0 heterocycles. The molecule has 0 aliphatic heterocycles. The summed E-state index contributed by atoms with van der Waals surface area (Å²) >= 11 is 5.78. The molecule has 12 heavy (non-hydrogen) atoms. The topological polar surface area (TPSA) is 26.0 Å².